The van der Waals surface area contributed by atoms with Crippen molar-refractivity contribution in [3.63, 3.8) is 0 Å². The van der Waals surface area contributed by atoms with E-state index in [0.717, 1.165) is 35.0 Å². The van der Waals surface area contributed by atoms with Crippen molar-refractivity contribution >= 4 is 16.7 Å². The van der Waals surface area contributed by atoms with Crippen LogP contribution in [0.15, 0.2) is 66.7 Å². The number of hydrogen-bond donors (Lipinski definition) is 0. The highest BCUT2D eigenvalue weighted by Gasteiger charge is 2.30. The normalized spacial score (nSPS) is 11.4. The van der Waals surface area contributed by atoms with Crippen LogP contribution in [-0.4, -0.2) is 5.97 Å². The van der Waals surface area contributed by atoms with E-state index >= 15 is 0 Å². The van der Waals surface area contributed by atoms with Crippen LogP contribution in [0.1, 0.15) is 15.9 Å². The highest BCUT2D eigenvalue weighted by atomic mass is 19.4. The fourth-order valence-electron chi connectivity index (χ4n) is 2.24. The summed E-state index contributed by atoms with van der Waals surface area (Å²) in [6.07, 6.45) is -4.43. The molecule has 0 N–H and O–H groups in total. The van der Waals surface area contributed by atoms with Gasteiger partial charge in [-0.05, 0) is 35.7 Å². The molecule has 116 valence electrons. The Labute approximate surface area is 130 Å². The first-order chi connectivity index (χ1) is 10.9. The highest BCUT2D eigenvalue weighted by molar-refractivity contribution is 5.95. The lowest BCUT2D eigenvalue weighted by Gasteiger charge is -2.09. The Kier molecular flexibility index (Phi) is 3.78. The molecule has 2 nitrogen and oxygen atoms in total. The minimum Gasteiger partial charge on any atom is -0.422 e. The number of alkyl halides is 3. The van der Waals surface area contributed by atoms with Gasteiger partial charge in [-0.3, -0.25) is 0 Å². The third kappa shape index (κ3) is 3.18. The lowest BCUT2D eigenvalue weighted by Crippen LogP contribution is -2.10. The molecule has 0 aromatic heterocycles. The largest absolute Gasteiger partial charge is 0.422 e. The molecule has 0 fully saturated rings. The van der Waals surface area contributed by atoms with E-state index in [2.05, 4.69) is 0 Å². The van der Waals surface area contributed by atoms with Crippen LogP contribution in [0, 0.1) is 0 Å². The Morgan fingerprint density at radius 3 is 2.17 bits per heavy atom. The van der Waals surface area contributed by atoms with Crippen LogP contribution in [0.5, 0.6) is 5.75 Å². The molecule has 0 bridgehead atoms. The second kappa shape index (κ2) is 5.76. The standard InChI is InChI=1S/C18H11F3O2/c19-18(20,21)14-10-8-13(9-11-14)17(22)23-16-7-3-5-12-4-1-2-6-15(12)16/h1-11H. The average Bonchev–Trinajstić information content (AvgIpc) is 2.54. The number of esters is 1. The first-order valence-electron chi connectivity index (χ1n) is 6.82. The molecule has 3 aromatic carbocycles. The molecule has 0 atom stereocenters. The number of hydrogen-bond acceptors (Lipinski definition) is 2. The van der Waals surface area contributed by atoms with Gasteiger partial charge in [0.2, 0.25) is 0 Å². The van der Waals surface area contributed by atoms with Crippen molar-refractivity contribution in [2.24, 2.45) is 0 Å². The molecule has 0 aliphatic rings. The van der Waals surface area contributed by atoms with Crippen molar-refractivity contribution in [2.45, 2.75) is 6.18 Å². The van der Waals surface area contributed by atoms with Crippen LogP contribution < -0.4 is 4.74 Å². The first kappa shape index (κ1) is 15.1. The quantitative estimate of drug-likeness (QED) is 0.487. The fraction of sp³-hybridized carbons (Fsp3) is 0.0556. The number of ether oxygens (including phenoxy) is 1. The predicted octanol–water partition coefficient (Wildman–Crippen LogP) is 5.08. The third-order valence-electron chi connectivity index (χ3n) is 3.40. The lowest BCUT2D eigenvalue weighted by atomic mass is 10.1. The number of halogens is 3. The van der Waals surface area contributed by atoms with Crippen LogP contribution >= 0.6 is 0 Å². The van der Waals surface area contributed by atoms with E-state index in [1.807, 2.05) is 30.3 Å². The molecule has 3 rings (SSSR count). The fourth-order valence-corrected chi connectivity index (χ4v) is 2.24. The van der Waals surface area contributed by atoms with Crippen molar-refractivity contribution in [1.29, 1.82) is 0 Å². The molecule has 0 aliphatic heterocycles. The van der Waals surface area contributed by atoms with E-state index < -0.39 is 17.7 Å². The number of carbonyl (C=O) groups excluding carboxylic acids is 1. The maximum absolute atomic E-state index is 12.5. The molecule has 3 aromatic rings. The molecule has 0 amide bonds. The Morgan fingerprint density at radius 2 is 1.48 bits per heavy atom. The van der Waals surface area contributed by atoms with Gasteiger partial charge in [-0.15, -0.1) is 0 Å². The number of rotatable bonds is 2. The average molecular weight is 316 g/mol. The molecule has 0 saturated carbocycles. The monoisotopic (exact) mass is 316 g/mol. The molecule has 0 spiro atoms. The van der Waals surface area contributed by atoms with Gasteiger partial charge in [0.1, 0.15) is 5.75 Å². The zero-order chi connectivity index (χ0) is 16.4. The second-order valence-corrected chi connectivity index (χ2v) is 4.94. The van der Waals surface area contributed by atoms with Crippen molar-refractivity contribution in [3.8, 4) is 5.75 Å². The summed E-state index contributed by atoms with van der Waals surface area (Å²) in [6, 6.07) is 16.6. The van der Waals surface area contributed by atoms with E-state index in [1.165, 1.54) is 0 Å². The molecular formula is C18H11F3O2. The van der Waals surface area contributed by atoms with Crippen LogP contribution in [0.4, 0.5) is 13.2 Å². The molecule has 5 heteroatoms. The predicted molar refractivity (Wildman–Crippen MR) is 80.4 cm³/mol. The van der Waals surface area contributed by atoms with Gasteiger partial charge in [0.25, 0.3) is 0 Å². The Morgan fingerprint density at radius 1 is 0.826 bits per heavy atom. The van der Waals surface area contributed by atoms with Crippen LogP contribution in [0.25, 0.3) is 10.8 Å². The highest BCUT2D eigenvalue weighted by Crippen LogP contribution is 2.30. The van der Waals surface area contributed by atoms with Crippen molar-refractivity contribution in [2.75, 3.05) is 0 Å². The van der Waals surface area contributed by atoms with Gasteiger partial charge in [-0.25, -0.2) is 4.79 Å². The topological polar surface area (TPSA) is 26.3 Å². The van der Waals surface area contributed by atoms with Gasteiger partial charge in [-0.1, -0.05) is 36.4 Å². The van der Waals surface area contributed by atoms with E-state index in [-0.39, 0.29) is 5.56 Å². The molecule has 0 unspecified atom stereocenters. The van der Waals surface area contributed by atoms with Crippen LogP contribution in [0.2, 0.25) is 0 Å². The minimum atomic E-state index is -4.43. The summed E-state index contributed by atoms with van der Waals surface area (Å²) in [7, 11) is 0. The van der Waals surface area contributed by atoms with Crippen molar-refractivity contribution in [3.05, 3.63) is 77.9 Å². The summed E-state index contributed by atoms with van der Waals surface area (Å²) in [4.78, 5) is 12.1. The van der Waals surface area contributed by atoms with E-state index in [9.17, 15) is 18.0 Å². The first-order valence-corrected chi connectivity index (χ1v) is 6.82. The molecule has 0 radical (unpaired) electrons. The molecule has 23 heavy (non-hydrogen) atoms. The van der Waals surface area contributed by atoms with Gasteiger partial charge < -0.3 is 4.74 Å². The summed E-state index contributed by atoms with van der Waals surface area (Å²) < 4.78 is 42.9. The van der Waals surface area contributed by atoms with Gasteiger partial charge in [0.05, 0.1) is 11.1 Å². The molecule has 0 aliphatic carbocycles. The van der Waals surface area contributed by atoms with Gasteiger partial charge in [0.15, 0.2) is 0 Å². The smallest absolute Gasteiger partial charge is 0.416 e. The Hall–Kier alpha value is -2.82. The number of fused-ring (bicyclic) bond motifs is 1. The minimum absolute atomic E-state index is 0.0611. The van der Waals surface area contributed by atoms with Crippen LogP contribution in [0.3, 0.4) is 0 Å². The second-order valence-electron chi connectivity index (χ2n) is 4.94. The summed E-state index contributed by atoms with van der Waals surface area (Å²) in [5, 5.41) is 1.67. The Balaban J connectivity index is 1.86. The number of benzene rings is 3. The molecular weight excluding hydrogens is 305 g/mol. The van der Waals surface area contributed by atoms with E-state index in [0.29, 0.717) is 5.75 Å². The molecule has 0 heterocycles. The third-order valence-corrected chi connectivity index (χ3v) is 3.40. The van der Waals surface area contributed by atoms with Gasteiger partial charge in [0, 0.05) is 5.39 Å². The van der Waals surface area contributed by atoms with Gasteiger partial charge in [-0.2, -0.15) is 13.2 Å². The zero-order valence-corrected chi connectivity index (χ0v) is 11.8. The van der Waals surface area contributed by atoms with E-state index in [1.54, 1.807) is 12.1 Å². The van der Waals surface area contributed by atoms with Crippen molar-refractivity contribution in [1.82, 2.24) is 0 Å². The summed E-state index contributed by atoms with van der Waals surface area (Å²) in [5.41, 5.74) is -0.745. The maximum atomic E-state index is 12.5. The summed E-state index contributed by atoms with van der Waals surface area (Å²) >= 11 is 0. The van der Waals surface area contributed by atoms with Gasteiger partial charge >= 0.3 is 12.1 Å². The molecule has 0 saturated heterocycles. The number of carbonyl (C=O) groups is 1. The van der Waals surface area contributed by atoms with E-state index in [4.69, 9.17) is 4.74 Å². The summed E-state index contributed by atoms with van der Waals surface area (Å²) in [6.45, 7) is 0. The lowest BCUT2D eigenvalue weighted by molar-refractivity contribution is -0.137. The zero-order valence-electron chi connectivity index (χ0n) is 11.8. The van der Waals surface area contributed by atoms with Crippen molar-refractivity contribution < 1.29 is 22.7 Å². The summed E-state index contributed by atoms with van der Waals surface area (Å²) in [5.74, 6) is -0.330. The van der Waals surface area contributed by atoms with Crippen LogP contribution in [-0.2, 0) is 6.18 Å². The SMILES string of the molecule is O=C(Oc1cccc2ccccc12)c1ccc(C(F)(F)F)cc1. The Bertz CT molecular complexity index is 847. The maximum Gasteiger partial charge on any atom is 0.416 e.